The van der Waals surface area contributed by atoms with Crippen molar-refractivity contribution >= 4 is 34.3 Å². The van der Waals surface area contributed by atoms with Crippen molar-refractivity contribution in [2.75, 3.05) is 0 Å². The summed E-state index contributed by atoms with van der Waals surface area (Å²) in [6, 6.07) is 6.53. The van der Waals surface area contributed by atoms with E-state index in [1.54, 1.807) is 16.9 Å². The predicted molar refractivity (Wildman–Crippen MR) is 116 cm³/mol. The lowest BCUT2D eigenvalue weighted by atomic mass is 9.88. The third-order valence-electron chi connectivity index (χ3n) is 5.34. The summed E-state index contributed by atoms with van der Waals surface area (Å²) in [5, 5.41) is 23.3. The molecule has 0 radical (unpaired) electrons. The number of hydrogen-bond donors (Lipinski definition) is 3. The molecule has 4 rings (SSSR count). The SMILES string of the molecule is CC1(C)CC(N)=C(C(=N)c2cnc3nn(Cc4ccc(C(=O)O)cc4Cl)cc3c2)C1. The second-order valence-corrected chi connectivity index (χ2v) is 8.88. The number of nitrogens with two attached hydrogens (primary N) is 1. The number of carboxylic acid groups (broad SMARTS) is 1. The van der Waals surface area contributed by atoms with Crippen LogP contribution in [0.5, 0.6) is 0 Å². The van der Waals surface area contributed by atoms with Gasteiger partial charge in [0.1, 0.15) is 0 Å². The maximum absolute atomic E-state index is 11.1. The topological polar surface area (TPSA) is 118 Å². The van der Waals surface area contributed by atoms with Crippen LogP contribution in [0.4, 0.5) is 0 Å². The first-order valence-corrected chi connectivity index (χ1v) is 9.92. The Kier molecular flexibility index (Phi) is 4.86. The average Bonchev–Trinajstić information content (AvgIpc) is 3.20. The van der Waals surface area contributed by atoms with Gasteiger partial charge in [-0.15, -0.1) is 0 Å². The molecule has 1 aliphatic carbocycles. The van der Waals surface area contributed by atoms with E-state index in [1.807, 2.05) is 12.3 Å². The first-order valence-electron chi connectivity index (χ1n) is 9.55. The highest BCUT2D eigenvalue weighted by atomic mass is 35.5. The molecule has 30 heavy (non-hydrogen) atoms. The fourth-order valence-corrected chi connectivity index (χ4v) is 4.11. The van der Waals surface area contributed by atoms with Gasteiger partial charge in [-0.25, -0.2) is 9.78 Å². The van der Waals surface area contributed by atoms with E-state index in [4.69, 9.17) is 27.9 Å². The van der Waals surface area contributed by atoms with E-state index in [1.165, 1.54) is 12.1 Å². The number of aromatic nitrogens is 3. The molecule has 154 valence electrons. The normalized spacial score (nSPS) is 15.7. The van der Waals surface area contributed by atoms with E-state index < -0.39 is 5.97 Å². The predicted octanol–water partition coefficient (Wildman–Crippen LogP) is 4.23. The van der Waals surface area contributed by atoms with Crippen molar-refractivity contribution in [3.8, 4) is 0 Å². The molecule has 7 nitrogen and oxygen atoms in total. The summed E-state index contributed by atoms with van der Waals surface area (Å²) in [7, 11) is 0. The fourth-order valence-electron chi connectivity index (χ4n) is 3.87. The quantitative estimate of drug-likeness (QED) is 0.530. The van der Waals surface area contributed by atoms with Gasteiger partial charge in [0, 0.05) is 34.1 Å². The number of halogens is 1. The van der Waals surface area contributed by atoms with E-state index in [0.717, 1.165) is 35.1 Å². The molecule has 2 heterocycles. The molecule has 0 atom stereocenters. The highest BCUT2D eigenvalue weighted by Gasteiger charge is 2.31. The van der Waals surface area contributed by atoms with Crippen LogP contribution in [0.2, 0.25) is 5.02 Å². The van der Waals surface area contributed by atoms with Crippen molar-refractivity contribution in [3.63, 3.8) is 0 Å². The smallest absolute Gasteiger partial charge is 0.335 e. The van der Waals surface area contributed by atoms with Crippen LogP contribution < -0.4 is 5.73 Å². The lowest BCUT2D eigenvalue weighted by molar-refractivity contribution is 0.0697. The van der Waals surface area contributed by atoms with Gasteiger partial charge in [0.25, 0.3) is 0 Å². The van der Waals surface area contributed by atoms with E-state index in [2.05, 4.69) is 23.9 Å². The second kappa shape index (κ2) is 7.25. The standard InChI is InChI=1S/C22H22ClN5O2/c1-22(2)7-16(18(24)8-22)19(25)14-5-15-11-28(27-20(15)26-9-14)10-13-4-3-12(21(29)30)6-17(13)23/h3-6,9,11,25H,7-8,10,24H2,1-2H3,(H,29,30). The Morgan fingerprint density at radius 1 is 1.30 bits per heavy atom. The number of hydrogen-bond acceptors (Lipinski definition) is 5. The summed E-state index contributed by atoms with van der Waals surface area (Å²) in [5.41, 5.74) is 10.5. The third-order valence-corrected chi connectivity index (χ3v) is 5.69. The molecule has 0 saturated heterocycles. The molecule has 1 aromatic carbocycles. The van der Waals surface area contributed by atoms with Crippen LogP contribution in [0.15, 0.2) is 47.9 Å². The molecule has 0 fully saturated rings. The monoisotopic (exact) mass is 423 g/mol. The second-order valence-electron chi connectivity index (χ2n) is 8.47. The Bertz CT molecular complexity index is 1230. The van der Waals surface area contributed by atoms with E-state index in [9.17, 15) is 4.79 Å². The minimum absolute atomic E-state index is 0.0730. The van der Waals surface area contributed by atoms with E-state index >= 15 is 0 Å². The van der Waals surface area contributed by atoms with Gasteiger partial charge in [0.05, 0.1) is 17.8 Å². The van der Waals surface area contributed by atoms with Crippen molar-refractivity contribution in [1.82, 2.24) is 14.8 Å². The molecular weight excluding hydrogens is 402 g/mol. The average molecular weight is 424 g/mol. The largest absolute Gasteiger partial charge is 0.478 e. The summed E-state index contributed by atoms with van der Waals surface area (Å²) in [6.07, 6.45) is 5.07. The number of nitrogens with one attached hydrogen (secondary N) is 1. The molecule has 0 saturated carbocycles. The highest BCUT2D eigenvalue weighted by Crippen LogP contribution is 2.40. The fraction of sp³-hybridized carbons (Fsp3) is 0.273. The van der Waals surface area contributed by atoms with Crippen LogP contribution in [-0.4, -0.2) is 31.6 Å². The summed E-state index contributed by atoms with van der Waals surface area (Å²) >= 11 is 6.23. The van der Waals surface area contributed by atoms with Crippen molar-refractivity contribution in [2.45, 2.75) is 33.2 Å². The van der Waals surface area contributed by atoms with Crippen molar-refractivity contribution in [2.24, 2.45) is 11.1 Å². The zero-order valence-electron chi connectivity index (χ0n) is 16.7. The Hall–Kier alpha value is -3.19. The van der Waals surface area contributed by atoms with Crippen molar-refractivity contribution in [3.05, 3.63) is 69.6 Å². The van der Waals surface area contributed by atoms with Gasteiger partial charge in [-0.3, -0.25) is 10.1 Å². The first kappa shape index (κ1) is 20.1. The molecule has 8 heteroatoms. The molecule has 0 spiro atoms. The molecule has 1 aliphatic rings. The molecule has 0 amide bonds. The summed E-state index contributed by atoms with van der Waals surface area (Å²) < 4.78 is 1.71. The van der Waals surface area contributed by atoms with Gasteiger partial charge < -0.3 is 10.8 Å². The third kappa shape index (κ3) is 3.80. The Balaban J connectivity index is 1.60. The maximum atomic E-state index is 11.1. The molecule has 4 N–H and O–H groups in total. The van der Waals surface area contributed by atoms with Gasteiger partial charge in [0.15, 0.2) is 5.65 Å². The Morgan fingerprint density at radius 2 is 2.07 bits per heavy atom. The number of rotatable bonds is 5. The lowest BCUT2D eigenvalue weighted by Gasteiger charge is -2.16. The number of aromatic carboxylic acids is 1. The summed E-state index contributed by atoms with van der Waals surface area (Å²) in [6.45, 7) is 4.69. The summed E-state index contributed by atoms with van der Waals surface area (Å²) in [4.78, 5) is 15.5. The molecule has 0 aliphatic heterocycles. The van der Waals surface area contributed by atoms with Crippen LogP contribution >= 0.6 is 11.6 Å². The molecule has 2 aromatic heterocycles. The van der Waals surface area contributed by atoms with Crippen LogP contribution in [-0.2, 0) is 6.54 Å². The summed E-state index contributed by atoms with van der Waals surface area (Å²) in [5.74, 6) is -1.02. The highest BCUT2D eigenvalue weighted by molar-refractivity contribution is 6.31. The minimum Gasteiger partial charge on any atom is -0.478 e. The van der Waals surface area contributed by atoms with E-state index in [0.29, 0.717) is 28.5 Å². The van der Waals surface area contributed by atoms with Gasteiger partial charge >= 0.3 is 5.97 Å². The molecule has 0 unspecified atom stereocenters. The van der Waals surface area contributed by atoms with Gasteiger partial charge in [-0.1, -0.05) is 31.5 Å². The number of fused-ring (bicyclic) bond motifs is 1. The van der Waals surface area contributed by atoms with Gasteiger partial charge in [-0.05, 0) is 47.6 Å². The zero-order chi connectivity index (χ0) is 21.6. The van der Waals surface area contributed by atoms with Crippen LogP contribution in [0.25, 0.3) is 11.0 Å². The van der Waals surface area contributed by atoms with Crippen LogP contribution in [0.3, 0.4) is 0 Å². The van der Waals surface area contributed by atoms with Crippen molar-refractivity contribution in [1.29, 1.82) is 5.41 Å². The van der Waals surface area contributed by atoms with Gasteiger partial charge in [0.2, 0.25) is 0 Å². The lowest BCUT2D eigenvalue weighted by Crippen LogP contribution is -2.09. The minimum atomic E-state index is -1.02. The number of carboxylic acids is 1. The van der Waals surface area contributed by atoms with Gasteiger partial charge in [-0.2, -0.15) is 5.10 Å². The number of pyridine rings is 1. The number of carbonyl (C=O) groups is 1. The Morgan fingerprint density at radius 3 is 2.70 bits per heavy atom. The van der Waals surface area contributed by atoms with E-state index in [-0.39, 0.29) is 11.0 Å². The molecule has 3 aromatic rings. The Labute approximate surface area is 178 Å². The first-order chi connectivity index (χ1) is 14.1. The number of benzene rings is 1. The van der Waals surface area contributed by atoms with Crippen LogP contribution in [0.1, 0.15) is 48.2 Å². The number of nitrogens with zero attached hydrogens (tertiary/aromatic N) is 3. The van der Waals surface area contributed by atoms with Crippen LogP contribution in [0, 0.1) is 10.8 Å². The molecule has 0 bridgehead atoms. The van der Waals surface area contributed by atoms with Crippen molar-refractivity contribution < 1.29 is 9.90 Å². The molecular formula is C22H22ClN5O2. The number of allylic oxidation sites excluding steroid dienone is 2. The maximum Gasteiger partial charge on any atom is 0.335 e. The zero-order valence-corrected chi connectivity index (χ0v) is 17.5.